The van der Waals surface area contributed by atoms with E-state index in [0.29, 0.717) is 38.2 Å². The Hall–Kier alpha value is -3.54. The number of nitrogens with zero attached hydrogens (tertiary/aromatic N) is 3. The molecular weight excluding hydrogens is 391 g/mol. The number of nitrogen functional groups attached to an aromatic ring is 1. The third-order valence-electron chi connectivity index (χ3n) is 5.21. The van der Waals surface area contributed by atoms with Crippen molar-refractivity contribution in [1.82, 2.24) is 4.57 Å². The van der Waals surface area contributed by atoms with Crippen LogP contribution in [0.5, 0.6) is 0 Å². The Bertz CT molecular complexity index is 1000. The molecule has 1 aromatic carbocycles. The molecule has 0 atom stereocenters. The number of carbonyl (C=O) groups excluding carboxylic acids is 2. The minimum absolute atomic E-state index is 0.0469. The van der Waals surface area contributed by atoms with E-state index in [0.717, 1.165) is 0 Å². The molecule has 0 aliphatic carbocycles. The zero-order chi connectivity index (χ0) is 21.8. The molecular formula is C21H23FN4O4. The zero-order valence-corrected chi connectivity index (χ0v) is 16.9. The summed E-state index contributed by atoms with van der Waals surface area (Å²) in [6.07, 6.45) is 2.46. The number of halogens is 1. The number of ether oxygens (including phenoxy) is 2. The first-order chi connectivity index (χ1) is 14.4. The molecule has 0 radical (unpaired) electrons. The Balaban J connectivity index is 2.01. The molecule has 0 unspecified atom stereocenters. The van der Waals surface area contributed by atoms with Gasteiger partial charge in [0.25, 0.3) is 0 Å². The molecule has 1 fully saturated rings. The summed E-state index contributed by atoms with van der Waals surface area (Å²) in [6.45, 7) is 3.12. The smallest absolute Gasteiger partial charge is 0.357 e. The first-order valence-electron chi connectivity index (χ1n) is 9.62. The number of rotatable bonds is 5. The van der Waals surface area contributed by atoms with Gasteiger partial charge in [-0.3, -0.25) is 4.79 Å². The lowest BCUT2D eigenvalue weighted by molar-refractivity contribution is -0.148. The van der Waals surface area contributed by atoms with E-state index in [4.69, 9.17) is 15.2 Å². The molecule has 2 N–H and O–H groups in total. The fraction of sp³-hybridized carbons (Fsp3) is 0.381. The lowest BCUT2D eigenvalue weighted by Crippen LogP contribution is -2.37. The van der Waals surface area contributed by atoms with E-state index in [-0.39, 0.29) is 34.5 Å². The maximum absolute atomic E-state index is 15.0. The minimum atomic E-state index is -0.774. The number of hydrogen-bond donors (Lipinski definition) is 1. The van der Waals surface area contributed by atoms with E-state index in [9.17, 15) is 19.2 Å². The van der Waals surface area contributed by atoms with Crippen LogP contribution < -0.4 is 10.6 Å². The summed E-state index contributed by atoms with van der Waals surface area (Å²) < 4.78 is 26.1. The van der Waals surface area contributed by atoms with Crippen LogP contribution >= 0.6 is 0 Å². The van der Waals surface area contributed by atoms with Crippen molar-refractivity contribution < 1.29 is 23.5 Å². The van der Waals surface area contributed by atoms with Crippen LogP contribution in [0.25, 0.3) is 5.69 Å². The molecule has 0 saturated carbocycles. The van der Waals surface area contributed by atoms with Crippen LogP contribution in [0.2, 0.25) is 0 Å². The molecule has 1 aliphatic rings. The molecule has 1 aliphatic heterocycles. The van der Waals surface area contributed by atoms with Crippen LogP contribution in [-0.2, 0) is 14.3 Å². The number of carbonyl (C=O) groups is 2. The molecule has 1 saturated heterocycles. The van der Waals surface area contributed by atoms with E-state index in [1.807, 2.05) is 11.0 Å². The van der Waals surface area contributed by atoms with Gasteiger partial charge in [-0.2, -0.15) is 5.26 Å². The second kappa shape index (κ2) is 8.86. The van der Waals surface area contributed by atoms with Gasteiger partial charge < -0.3 is 24.7 Å². The van der Waals surface area contributed by atoms with E-state index < -0.39 is 11.8 Å². The van der Waals surface area contributed by atoms with Gasteiger partial charge in [0.1, 0.15) is 17.6 Å². The number of para-hydroxylation sites is 1. The summed E-state index contributed by atoms with van der Waals surface area (Å²) in [6, 6.07) is 6.48. The fourth-order valence-corrected chi connectivity index (χ4v) is 3.70. The molecule has 9 heteroatoms. The van der Waals surface area contributed by atoms with Crippen LogP contribution in [0, 0.1) is 23.1 Å². The summed E-state index contributed by atoms with van der Waals surface area (Å²) in [5.41, 5.74) is 6.45. The number of nitriles is 1. The van der Waals surface area contributed by atoms with Gasteiger partial charge in [0.05, 0.1) is 36.6 Å². The molecule has 2 heterocycles. The standard InChI is InChI=1S/C21H23FN4O4/c1-3-30-20(27)13-7-9-25(10-8-13)16-6-4-5-15(22)18(16)26-12-14(11-23)17(24)19(26)21(28)29-2/h4-6,12-13H,3,7-10,24H2,1-2H3. The van der Waals surface area contributed by atoms with E-state index >= 15 is 0 Å². The average molecular weight is 414 g/mol. The van der Waals surface area contributed by atoms with Crippen LogP contribution in [0.15, 0.2) is 24.4 Å². The van der Waals surface area contributed by atoms with Crippen LogP contribution in [0.3, 0.4) is 0 Å². The molecule has 2 aromatic rings. The van der Waals surface area contributed by atoms with E-state index in [1.54, 1.807) is 19.1 Å². The Morgan fingerprint density at radius 3 is 2.63 bits per heavy atom. The summed E-state index contributed by atoms with van der Waals surface area (Å²) in [5.74, 6) is -1.77. The summed E-state index contributed by atoms with van der Waals surface area (Å²) in [5, 5.41) is 9.33. The first kappa shape index (κ1) is 21.2. The molecule has 0 spiro atoms. The van der Waals surface area contributed by atoms with Crippen LogP contribution in [0.4, 0.5) is 15.8 Å². The number of aromatic nitrogens is 1. The van der Waals surface area contributed by atoms with E-state index in [1.165, 1.54) is 23.9 Å². The van der Waals surface area contributed by atoms with E-state index in [2.05, 4.69) is 0 Å². The van der Waals surface area contributed by atoms with Crippen molar-refractivity contribution >= 4 is 23.3 Å². The largest absolute Gasteiger partial charge is 0.466 e. The van der Waals surface area contributed by atoms with Crippen molar-refractivity contribution in [2.75, 3.05) is 37.4 Å². The van der Waals surface area contributed by atoms with Gasteiger partial charge in [0.2, 0.25) is 0 Å². The Morgan fingerprint density at radius 1 is 1.33 bits per heavy atom. The SMILES string of the molecule is CCOC(=O)C1CCN(c2cccc(F)c2-n2cc(C#N)c(N)c2C(=O)OC)CC1. The predicted octanol–water partition coefficient (Wildman–Crippen LogP) is 2.64. The second-order valence-corrected chi connectivity index (χ2v) is 6.90. The monoisotopic (exact) mass is 414 g/mol. The highest BCUT2D eigenvalue weighted by Crippen LogP contribution is 2.34. The number of piperidine rings is 1. The van der Waals surface area contributed by atoms with Gasteiger partial charge in [-0.1, -0.05) is 6.07 Å². The number of hydrogen-bond acceptors (Lipinski definition) is 7. The van der Waals surface area contributed by atoms with Gasteiger partial charge in [-0.05, 0) is 31.9 Å². The first-order valence-corrected chi connectivity index (χ1v) is 9.62. The zero-order valence-electron chi connectivity index (χ0n) is 16.9. The number of nitrogens with two attached hydrogens (primary N) is 1. The molecule has 0 amide bonds. The van der Waals surface area contributed by atoms with Crippen LogP contribution in [0.1, 0.15) is 35.8 Å². The Kier molecular flexibility index (Phi) is 6.26. The quantitative estimate of drug-likeness (QED) is 0.749. The van der Waals surface area contributed by atoms with Crippen molar-refractivity contribution in [3.05, 3.63) is 41.5 Å². The number of esters is 2. The maximum atomic E-state index is 15.0. The Labute approximate surface area is 173 Å². The van der Waals surface area contributed by atoms with Crippen molar-refractivity contribution in [1.29, 1.82) is 5.26 Å². The summed E-state index contributed by atoms with van der Waals surface area (Å²) >= 11 is 0. The van der Waals surface area contributed by atoms with Crippen molar-refractivity contribution in [3.63, 3.8) is 0 Å². The number of anilines is 2. The third-order valence-corrected chi connectivity index (χ3v) is 5.21. The second-order valence-electron chi connectivity index (χ2n) is 6.90. The molecule has 8 nitrogen and oxygen atoms in total. The van der Waals surface area contributed by atoms with Gasteiger partial charge in [-0.25, -0.2) is 9.18 Å². The van der Waals surface area contributed by atoms with Gasteiger partial charge in [0.15, 0.2) is 5.69 Å². The minimum Gasteiger partial charge on any atom is -0.466 e. The summed E-state index contributed by atoms with van der Waals surface area (Å²) in [7, 11) is 1.19. The highest BCUT2D eigenvalue weighted by atomic mass is 19.1. The molecule has 158 valence electrons. The topological polar surface area (TPSA) is 111 Å². The van der Waals surface area contributed by atoms with Crippen molar-refractivity contribution in [3.8, 4) is 11.8 Å². The summed E-state index contributed by atoms with van der Waals surface area (Å²) in [4.78, 5) is 26.3. The molecule has 0 bridgehead atoms. The van der Waals surface area contributed by atoms with Crippen molar-refractivity contribution in [2.24, 2.45) is 5.92 Å². The lowest BCUT2D eigenvalue weighted by atomic mass is 9.96. The maximum Gasteiger partial charge on any atom is 0.357 e. The van der Waals surface area contributed by atoms with Gasteiger partial charge >= 0.3 is 11.9 Å². The highest BCUT2D eigenvalue weighted by Gasteiger charge is 2.30. The van der Waals surface area contributed by atoms with Gasteiger partial charge in [0, 0.05) is 19.3 Å². The normalized spacial score (nSPS) is 14.3. The number of benzene rings is 1. The fourth-order valence-electron chi connectivity index (χ4n) is 3.70. The lowest BCUT2D eigenvalue weighted by Gasteiger charge is -2.34. The highest BCUT2D eigenvalue weighted by molar-refractivity contribution is 5.96. The third kappa shape index (κ3) is 3.81. The Morgan fingerprint density at radius 2 is 2.03 bits per heavy atom. The van der Waals surface area contributed by atoms with Crippen LogP contribution in [-0.4, -0.2) is 43.3 Å². The van der Waals surface area contributed by atoms with Crippen molar-refractivity contribution in [2.45, 2.75) is 19.8 Å². The van der Waals surface area contributed by atoms with Gasteiger partial charge in [-0.15, -0.1) is 0 Å². The molecule has 30 heavy (non-hydrogen) atoms. The molecule has 1 aromatic heterocycles. The average Bonchev–Trinajstić information content (AvgIpc) is 3.09. The predicted molar refractivity (Wildman–Crippen MR) is 108 cm³/mol. The number of methoxy groups -OCH3 is 1. The molecule has 3 rings (SSSR count).